The van der Waals surface area contributed by atoms with Crippen LogP contribution in [0.5, 0.6) is 0 Å². The Morgan fingerprint density at radius 3 is 2.55 bits per heavy atom. The van der Waals surface area contributed by atoms with Crippen LogP contribution in [0.4, 0.5) is 0 Å². The molecule has 0 saturated heterocycles. The third-order valence-electron chi connectivity index (χ3n) is 3.18. The third kappa shape index (κ3) is 3.81. The van der Waals surface area contributed by atoms with E-state index in [2.05, 4.69) is 59.3 Å². The number of thiophene rings is 1. The zero-order valence-electron chi connectivity index (χ0n) is 11.8. The van der Waals surface area contributed by atoms with Crippen LogP contribution in [0.25, 0.3) is 0 Å². The van der Waals surface area contributed by atoms with E-state index in [1.165, 1.54) is 22.4 Å². The molecule has 0 bridgehead atoms. The minimum atomic E-state index is 0.116. The molecule has 1 aromatic carbocycles. The molecular weight excluding hydrogens is 284 g/mol. The smallest absolute Gasteiger partial charge is 0.166 e. The standard InChI is InChI=1S/C16H20N2S2/c1-3-5-12-7-9-13(10-8-12)15(18-16(19)17-2)14-6-4-11-20-14/h4,6-11,15H,3,5H2,1-2H3,(H2,17,18,19)/t15-/m1/s1. The van der Waals surface area contributed by atoms with Crippen LogP contribution in [0.1, 0.15) is 35.4 Å². The Bertz CT molecular complexity index is 532. The fourth-order valence-corrected chi connectivity index (χ4v) is 3.06. The minimum absolute atomic E-state index is 0.116. The SMILES string of the molecule is CCCc1ccc([C@@H](NC(=S)NC)c2cccs2)cc1. The summed E-state index contributed by atoms with van der Waals surface area (Å²) in [6.45, 7) is 2.20. The molecule has 2 aromatic rings. The van der Waals surface area contributed by atoms with Crippen molar-refractivity contribution >= 4 is 28.7 Å². The summed E-state index contributed by atoms with van der Waals surface area (Å²) in [6.07, 6.45) is 2.31. The highest BCUT2D eigenvalue weighted by atomic mass is 32.1. The number of benzene rings is 1. The number of hydrogen-bond donors (Lipinski definition) is 2. The lowest BCUT2D eigenvalue weighted by Crippen LogP contribution is -2.35. The molecule has 1 aromatic heterocycles. The Hall–Kier alpha value is -1.39. The molecule has 1 heterocycles. The normalized spacial score (nSPS) is 11.9. The van der Waals surface area contributed by atoms with E-state index >= 15 is 0 Å². The number of nitrogens with one attached hydrogen (secondary N) is 2. The second kappa shape index (κ2) is 7.41. The quantitative estimate of drug-likeness (QED) is 0.820. The monoisotopic (exact) mass is 304 g/mol. The zero-order valence-corrected chi connectivity index (χ0v) is 13.5. The Morgan fingerprint density at radius 1 is 1.25 bits per heavy atom. The molecule has 0 unspecified atom stereocenters. The summed E-state index contributed by atoms with van der Waals surface area (Å²) in [5.41, 5.74) is 2.63. The maximum absolute atomic E-state index is 5.26. The summed E-state index contributed by atoms with van der Waals surface area (Å²) in [4.78, 5) is 1.27. The molecule has 0 radical (unpaired) electrons. The average Bonchev–Trinajstić information content (AvgIpc) is 3.00. The van der Waals surface area contributed by atoms with Gasteiger partial charge in [-0.2, -0.15) is 0 Å². The largest absolute Gasteiger partial charge is 0.366 e. The second-order valence-corrected chi connectivity index (χ2v) is 6.05. The summed E-state index contributed by atoms with van der Waals surface area (Å²) in [7, 11) is 1.84. The Balaban J connectivity index is 2.24. The molecular formula is C16H20N2S2. The summed E-state index contributed by atoms with van der Waals surface area (Å²) in [5.74, 6) is 0. The van der Waals surface area contributed by atoms with Gasteiger partial charge in [0.25, 0.3) is 0 Å². The molecule has 0 amide bonds. The first kappa shape index (κ1) is 15.0. The van der Waals surface area contributed by atoms with Crippen molar-refractivity contribution in [2.24, 2.45) is 0 Å². The second-order valence-electron chi connectivity index (χ2n) is 4.66. The van der Waals surface area contributed by atoms with Crippen LogP contribution in [-0.2, 0) is 6.42 Å². The van der Waals surface area contributed by atoms with Gasteiger partial charge in [-0.25, -0.2) is 0 Å². The van der Waals surface area contributed by atoms with Crippen LogP contribution in [0.3, 0.4) is 0 Å². The van der Waals surface area contributed by atoms with Gasteiger partial charge in [0.05, 0.1) is 6.04 Å². The number of hydrogen-bond acceptors (Lipinski definition) is 2. The van der Waals surface area contributed by atoms with Crippen LogP contribution >= 0.6 is 23.6 Å². The summed E-state index contributed by atoms with van der Waals surface area (Å²) in [5, 5.41) is 9.11. The van der Waals surface area contributed by atoms with Gasteiger partial charge in [-0.3, -0.25) is 0 Å². The van der Waals surface area contributed by atoms with Crippen molar-refractivity contribution in [2.75, 3.05) is 7.05 Å². The van der Waals surface area contributed by atoms with Gasteiger partial charge in [0.15, 0.2) is 5.11 Å². The summed E-state index contributed by atoms with van der Waals surface area (Å²) >= 11 is 7.00. The maximum atomic E-state index is 5.26. The van der Waals surface area contributed by atoms with Gasteiger partial charge in [0.1, 0.15) is 0 Å². The van der Waals surface area contributed by atoms with Crippen LogP contribution in [0, 0.1) is 0 Å². The lowest BCUT2D eigenvalue weighted by atomic mass is 10.0. The minimum Gasteiger partial charge on any atom is -0.366 e. The lowest BCUT2D eigenvalue weighted by Gasteiger charge is -2.19. The maximum Gasteiger partial charge on any atom is 0.166 e. The van der Waals surface area contributed by atoms with Gasteiger partial charge in [0.2, 0.25) is 0 Å². The van der Waals surface area contributed by atoms with Crippen molar-refractivity contribution < 1.29 is 0 Å². The predicted molar refractivity (Wildman–Crippen MR) is 91.4 cm³/mol. The first-order chi connectivity index (χ1) is 9.74. The van der Waals surface area contributed by atoms with Crippen LogP contribution in [0.2, 0.25) is 0 Å². The summed E-state index contributed by atoms with van der Waals surface area (Å²) in [6, 6.07) is 13.1. The predicted octanol–water partition coefficient (Wildman–Crippen LogP) is 3.88. The highest BCUT2D eigenvalue weighted by molar-refractivity contribution is 7.80. The molecule has 2 N–H and O–H groups in total. The van der Waals surface area contributed by atoms with Crippen molar-refractivity contribution in [1.29, 1.82) is 0 Å². The van der Waals surface area contributed by atoms with Gasteiger partial charge in [-0.05, 0) is 41.2 Å². The van der Waals surface area contributed by atoms with Crippen LogP contribution < -0.4 is 10.6 Å². The highest BCUT2D eigenvalue weighted by Gasteiger charge is 2.15. The molecule has 0 aliphatic rings. The van der Waals surface area contributed by atoms with Crippen molar-refractivity contribution in [3.8, 4) is 0 Å². The van der Waals surface area contributed by atoms with E-state index in [1.54, 1.807) is 11.3 Å². The van der Waals surface area contributed by atoms with E-state index in [4.69, 9.17) is 12.2 Å². The highest BCUT2D eigenvalue weighted by Crippen LogP contribution is 2.26. The molecule has 0 fully saturated rings. The lowest BCUT2D eigenvalue weighted by molar-refractivity contribution is 0.765. The summed E-state index contributed by atoms with van der Waals surface area (Å²) < 4.78 is 0. The van der Waals surface area contributed by atoms with E-state index < -0.39 is 0 Å². The molecule has 0 aliphatic carbocycles. The van der Waals surface area contributed by atoms with Crippen molar-refractivity contribution in [3.63, 3.8) is 0 Å². The molecule has 0 aliphatic heterocycles. The van der Waals surface area contributed by atoms with Crippen molar-refractivity contribution in [1.82, 2.24) is 10.6 Å². The van der Waals surface area contributed by atoms with Gasteiger partial charge >= 0.3 is 0 Å². The molecule has 2 nitrogen and oxygen atoms in total. The fraction of sp³-hybridized carbons (Fsp3) is 0.312. The van der Waals surface area contributed by atoms with Crippen LogP contribution in [0.15, 0.2) is 41.8 Å². The Kier molecular flexibility index (Phi) is 5.56. The Labute approximate surface area is 130 Å². The average molecular weight is 304 g/mol. The topological polar surface area (TPSA) is 24.1 Å². The van der Waals surface area contributed by atoms with E-state index in [-0.39, 0.29) is 6.04 Å². The van der Waals surface area contributed by atoms with Crippen LogP contribution in [-0.4, -0.2) is 12.2 Å². The van der Waals surface area contributed by atoms with Crippen molar-refractivity contribution in [3.05, 3.63) is 57.8 Å². The molecule has 0 spiro atoms. The molecule has 0 saturated carbocycles. The number of thiocarbonyl (C=S) groups is 1. The van der Waals surface area contributed by atoms with Gasteiger partial charge in [-0.1, -0.05) is 43.7 Å². The molecule has 4 heteroatoms. The first-order valence-corrected chi connectivity index (χ1v) is 8.14. The van der Waals surface area contributed by atoms with E-state index in [9.17, 15) is 0 Å². The number of rotatable bonds is 5. The molecule has 20 heavy (non-hydrogen) atoms. The third-order valence-corrected chi connectivity index (χ3v) is 4.44. The Morgan fingerprint density at radius 2 is 2.00 bits per heavy atom. The zero-order chi connectivity index (χ0) is 14.4. The molecule has 1 atom stereocenters. The fourth-order valence-electron chi connectivity index (χ4n) is 2.14. The molecule has 2 rings (SSSR count). The van der Waals surface area contributed by atoms with E-state index in [0.717, 1.165) is 6.42 Å². The molecule has 106 valence electrons. The van der Waals surface area contributed by atoms with E-state index in [1.807, 2.05) is 7.05 Å². The first-order valence-electron chi connectivity index (χ1n) is 6.85. The van der Waals surface area contributed by atoms with Crippen molar-refractivity contribution in [2.45, 2.75) is 25.8 Å². The van der Waals surface area contributed by atoms with Gasteiger partial charge in [0, 0.05) is 11.9 Å². The number of aryl methyl sites for hydroxylation is 1. The van der Waals surface area contributed by atoms with E-state index in [0.29, 0.717) is 5.11 Å². The van der Waals surface area contributed by atoms with Gasteiger partial charge in [-0.15, -0.1) is 11.3 Å². The van der Waals surface area contributed by atoms with Gasteiger partial charge < -0.3 is 10.6 Å².